The number of nitrogens with one attached hydrogen (secondary N) is 1. The number of hydrogen-bond acceptors (Lipinski definition) is 4. The zero-order chi connectivity index (χ0) is 23.0. The minimum Gasteiger partial charge on any atom is -0.354 e. The van der Waals surface area contributed by atoms with Gasteiger partial charge in [-0.15, -0.1) is 0 Å². The molecule has 9 heteroatoms. The lowest BCUT2D eigenvalue weighted by Crippen LogP contribution is -2.51. The summed E-state index contributed by atoms with van der Waals surface area (Å²) in [7, 11) is -3.75. The van der Waals surface area contributed by atoms with Gasteiger partial charge in [0.2, 0.25) is 21.8 Å². The summed E-state index contributed by atoms with van der Waals surface area (Å²) in [6.45, 7) is 3.53. The molecule has 0 radical (unpaired) electrons. The second-order valence-corrected chi connectivity index (χ2v) is 9.13. The highest BCUT2D eigenvalue weighted by Crippen LogP contribution is 2.18. The van der Waals surface area contributed by atoms with Crippen molar-refractivity contribution in [1.29, 1.82) is 0 Å². The Bertz CT molecular complexity index is 982. The van der Waals surface area contributed by atoms with Crippen LogP contribution in [-0.4, -0.2) is 50.5 Å². The Kier molecular flexibility index (Phi) is 8.56. The first kappa shape index (κ1) is 24.3. The third kappa shape index (κ3) is 7.06. The zero-order valence-electron chi connectivity index (χ0n) is 17.9. The summed E-state index contributed by atoms with van der Waals surface area (Å²) in [6, 6.07) is 13.0. The molecule has 2 amide bonds. The minimum absolute atomic E-state index is 0.0339. The number of nitrogens with zero attached hydrogens (tertiary/aromatic N) is 2. The van der Waals surface area contributed by atoms with Crippen LogP contribution in [0.3, 0.4) is 0 Å². The van der Waals surface area contributed by atoms with E-state index in [9.17, 15) is 22.4 Å². The quantitative estimate of drug-likeness (QED) is 0.604. The molecule has 168 valence electrons. The number of rotatable bonds is 10. The van der Waals surface area contributed by atoms with Crippen LogP contribution in [0.5, 0.6) is 0 Å². The fourth-order valence-corrected chi connectivity index (χ4v) is 3.82. The molecular weight excluding hydrogens is 421 g/mol. The predicted molar refractivity (Wildman–Crippen MR) is 118 cm³/mol. The fourth-order valence-electron chi connectivity index (χ4n) is 2.97. The van der Waals surface area contributed by atoms with Crippen LogP contribution in [0.4, 0.5) is 10.1 Å². The second-order valence-electron chi connectivity index (χ2n) is 7.22. The molecule has 0 heterocycles. The maximum atomic E-state index is 13.3. The molecule has 0 saturated carbocycles. The van der Waals surface area contributed by atoms with E-state index in [1.807, 2.05) is 6.92 Å². The van der Waals surface area contributed by atoms with E-state index in [4.69, 9.17) is 0 Å². The van der Waals surface area contributed by atoms with Crippen molar-refractivity contribution in [2.45, 2.75) is 32.9 Å². The van der Waals surface area contributed by atoms with E-state index in [-0.39, 0.29) is 12.5 Å². The van der Waals surface area contributed by atoms with Crippen molar-refractivity contribution in [1.82, 2.24) is 10.2 Å². The summed E-state index contributed by atoms with van der Waals surface area (Å²) in [5.41, 5.74) is 0.971. The van der Waals surface area contributed by atoms with Gasteiger partial charge in [0.25, 0.3) is 0 Å². The third-order valence-corrected chi connectivity index (χ3v) is 5.85. The Labute approximate surface area is 182 Å². The summed E-state index contributed by atoms with van der Waals surface area (Å²) in [6.07, 6.45) is 1.76. The Morgan fingerprint density at radius 3 is 2.23 bits per heavy atom. The maximum absolute atomic E-state index is 13.3. The lowest BCUT2D eigenvalue weighted by atomic mass is 10.1. The number of halogens is 1. The average Bonchev–Trinajstić information content (AvgIpc) is 2.74. The first-order valence-electron chi connectivity index (χ1n) is 9.98. The van der Waals surface area contributed by atoms with Crippen LogP contribution < -0.4 is 9.62 Å². The van der Waals surface area contributed by atoms with Gasteiger partial charge in [-0.2, -0.15) is 0 Å². The predicted octanol–water partition coefficient (Wildman–Crippen LogP) is 2.54. The highest BCUT2D eigenvalue weighted by molar-refractivity contribution is 7.92. The van der Waals surface area contributed by atoms with Crippen molar-refractivity contribution in [3.8, 4) is 0 Å². The Morgan fingerprint density at radius 2 is 1.68 bits per heavy atom. The summed E-state index contributed by atoms with van der Waals surface area (Å²) in [5.74, 6) is -1.30. The van der Waals surface area contributed by atoms with Crippen molar-refractivity contribution >= 4 is 27.5 Å². The van der Waals surface area contributed by atoms with Gasteiger partial charge in [0, 0.05) is 13.1 Å². The van der Waals surface area contributed by atoms with E-state index < -0.39 is 34.3 Å². The molecular formula is C22H28FN3O4S. The van der Waals surface area contributed by atoms with Crippen LogP contribution in [0.2, 0.25) is 0 Å². The molecule has 0 saturated heterocycles. The molecule has 0 bridgehead atoms. The molecule has 1 N–H and O–H groups in total. The molecule has 0 spiro atoms. The molecule has 7 nitrogen and oxygen atoms in total. The van der Waals surface area contributed by atoms with Gasteiger partial charge in [-0.1, -0.05) is 37.3 Å². The second kappa shape index (κ2) is 10.9. The summed E-state index contributed by atoms with van der Waals surface area (Å²) in [5, 5.41) is 2.75. The average molecular weight is 450 g/mol. The topological polar surface area (TPSA) is 86.8 Å². The zero-order valence-corrected chi connectivity index (χ0v) is 18.7. The number of hydrogen-bond donors (Lipinski definition) is 1. The molecule has 0 aliphatic rings. The van der Waals surface area contributed by atoms with Crippen molar-refractivity contribution < 1.29 is 22.4 Å². The van der Waals surface area contributed by atoms with Gasteiger partial charge < -0.3 is 10.2 Å². The van der Waals surface area contributed by atoms with E-state index in [0.717, 1.165) is 17.0 Å². The van der Waals surface area contributed by atoms with Crippen molar-refractivity contribution in [3.05, 3.63) is 66.0 Å². The number of carbonyl (C=O) groups excluding carboxylic acids is 2. The van der Waals surface area contributed by atoms with Gasteiger partial charge in [0.05, 0.1) is 11.9 Å². The molecule has 2 rings (SSSR count). The van der Waals surface area contributed by atoms with Gasteiger partial charge in [-0.3, -0.25) is 13.9 Å². The van der Waals surface area contributed by atoms with E-state index in [1.165, 1.54) is 29.2 Å². The molecule has 1 atom stereocenters. The Hall–Kier alpha value is -2.94. The maximum Gasteiger partial charge on any atom is 0.244 e. The minimum atomic E-state index is -3.75. The molecule has 1 unspecified atom stereocenters. The largest absolute Gasteiger partial charge is 0.354 e. The first-order valence-corrected chi connectivity index (χ1v) is 11.8. The highest BCUT2D eigenvalue weighted by Gasteiger charge is 2.29. The van der Waals surface area contributed by atoms with E-state index >= 15 is 0 Å². The summed E-state index contributed by atoms with van der Waals surface area (Å²) < 4.78 is 39.0. The Morgan fingerprint density at radius 1 is 1.06 bits per heavy atom. The number of para-hydroxylation sites is 1. The molecule has 0 aliphatic carbocycles. The fraction of sp³-hybridized carbons (Fsp3) is 0.364. The van der Waals surface area contributed by atoms with E-state index in [2.05, 4.69) is 5.32 Å². The van der Waals surface area contributed by atoms with Crippen LogP contribution in [0.25, 0.3) is 0 Å². The van der Waals surface area contributed by atoms with Gasteiger partial charge in [0.1, 0.15) is 18.4 Å². The van der Waals surface area contributed by atoms with Gasteiger partial charge in [0.15, 0.2) is 0 Å². The molecule has 2 aromatic rings. The van der Waals surface area contributed by atoms with Crippen LogP contribution in [0.15, 0.2) is 54.6 Å². The standard InChI is InChI=1S/C22H28FN3O4S/c1-4-14-24-22(28)17(2)25(15-18-10-12-19(23)13-11-18)21(27)16-26(31(3,29)30)20-8-6-5-7-9-20/h5-13,17H,4,14-16H2,1-3H3,(H,24,28). The lowest BCUT2D eigenvalue weighted by Gasteiger charge is -2.31. The van der Waals surface area contributed by atoms with E-state index in [1.54, 1.807) is 37.3 Å². The summed E-state index contributed by atoms with van der Waals surface area (Å²) in [4.78, 5) is 27.1. The van der Waals surface area contributed by atoms with Crippen LogP contribution in [0.1, 0.15) is 25.8 Å². The van der Waals surface area contributed by atoms with Crippen molar-refractivity contribution in [3.63, 3.8) is 0 Å². The molecule has 31 heavy (non-hydrogen) atoms. The highest BCUT2D eigenvalue weighted by atomic mass is 32.2. The summed E-state index contributed by atoms with van der Waals surface area (Å²) >= 11 is 0. The van der Waals surface area contributed by atoms with Gasteiger partial charge in [-0.05, 0) is 43.2 Å². The normalized spacial score (nSPS) is 12.1. The lowest BCUT2D eigenvalue weighted by molar-refractivity contribution is -0.139. The number of sulfonamides is 1. The monoisotopic (exact) mass is 449 g/mol. The smallest absolute Gasteiger partial charge is 0.244 e. The Balaban J connectivity index is 2.32. The van der Waals surface area contributed by atoms with Crippen LogP contribution in [0, 0.1) is 5.82 Å². The SMILES string of the molecule is CCCNC(=O)C(C)N(Cc1ccc(F)cc1)C(=O)CN(c1ccccc1)S(C)(=O)=O. The van der Waals surface area contributed by atoms with Gasteiger partial charge in [-0.25, -0.2) is 12.8 Å². The van der Waals surface area contributed by atoms with Crippen molar-refractivity contribution in [2.75, 3.05) is 23.7 Å². The van der Waals surface area contributed by atoms with Gasteiger partial charge >= 0.3 is 0 Å². The molecule has 2 aromatic carbocycles. The first-order chi connectivity index (χ1) is 14.6. The molecule has 0 aromatic heterocycles. The van der Waals surface area contributed by atoms with Crippen LogP contribution >= 0.6 is 0 Å². The number of amides is 2. The van der Waals surface area contributed by atoms with E-state index in [0.29, 0.717) is 17.8 Å². The third-order valence-electron chi connectivity index (χ3n) is 4.71. The molecule has 0 fully saturated rings. The molecule has 0 aliphatic heterocycles. The number of anilines is 1. The number of carbonyl (C=O) groups is 2. The van der Waals surface area contributed by atoms with Crippen molar-refractivity contribution in [2.24, 2.45) is 0 Å². The van der Waals surface area contributed by atoms with Crippen LogP contribution in [-0.2, 0) is 26.2 Å². The number of benzene rings is 2.